The number of amides is 1. The number of ether oxygens (including phenoxy) is 1. The van der Waals surface area contributed by atoms with E-state index in [0.717, 1.165) is 37.8 Å². The van der Waals surface area contributed by atoms with Gasteiger partial charge in [-0.25, -0.2) is 4.98 Å². The lowest BCUT2D eigenvalue weighted by atomic mass is 10.1. The fourth-order valence-electron chi connectivity index (χ4n) is 3.66. The van der Waals surface area contributed by atoms with Crippen molar-refractivity contribution in [1.82, 2.24) is 4.98 Å². The lowest BCUT2D eigenvalue weighted by Crippen LogP contribution is -2.11. The quantitative estimate of drug-likeness (QED) is 0.263. The van der Waals surface area contributed by atoms with Gasteiger partial charge in [-0.2, -0.15) is 0 Å². The molecule has 2 heterocycles. The summed E-state index contributed by atoms with van der Waals surface area (Å²) in [6, 6.07) is 20.5. The Morgan fingerprint density at radius 2 is 1.65 bits per heavy atom. The van der Waals surface area contributed by atoms with Gasteiger partial charge in [0.15, 0.2) is 11.3 Å². The molecule has 0 spiro atoms. The summed E-state index contributed by atoms with van der Waals surface area (Å²) in [5, 5.41) is 2.88. The lowest BCUT2D eigenvalue weighted by molar-refractivity contribution is 0.0997. The molecule has 0 aliphatic heterocycles. The van der Waals surface area contributed by atoms with Crippen LogP contribution in [0.1, 0.15) is 21.7 Å². The summed E-state index contributed by atoms with van der Waals surface area (Å²) in [5.74, 6) is 1.39. The lowest BCUT2D eigenvalue weighted by Gasteiger charge is -2.10. The number of methoxy groups -OCH3 is 1. The number of furan rings is 1. The number of carbonyl (C=O) groups excluding carboxylic acids is 1. The number of nitrogens with zero attached hydrogens (tertiary/aromatic N) is 1. The summed E-state index contributed by atoms with van der Waals surface area (Å²) in [6.07, 6.45) is 0. The Morgan fingerprint density at radius 3 is 2.41 bits per heavy atom. The van der Waals surface area contributed by atoms with Gasteiger partial charge in [-0.3, -0.25) is 4.79 Å². The first-order valence-electron chi connectivity index (χ1n) is 10.6. The summed E-state index contributed by atoms with van der Waals surface area (Å²) in [7, 11) is 1.55. The molecule has 0 aliphatic carbocycles. The van der Waals surface area contributed by atoms with Gasteiger partial charge in [0.2, 0.25) is 5.89 Å². The average Bonchev–Trinajstić information content (AvgIpc) is 3.47. The third-order valence-electron chi connectivity index (χ3n) is 5.66. The highest BCUT2D eigenvalue weighted by atomic mass is 79.9. The van der Waals surface area contributed by atoms with Crippen molar-refractivity contribution in [2.45, 2.75) is 13.8 Å². The van der Waals surface area contributed by atoms with Gasteiger partial charge in [0.05, 0.1) is 12.8 Å². The Hall–Kier alpha value is -3.84. The van der Waals surface area contributed by atoms with Crippen molar-refractivity contribution >= 4 is 38.6 Å². The molecule has 34 heavy (non-hydrogen) atoms. The second kappa shape index (κ2) is 8.83. The van der Waals surface area contributed by atoms with Crippen LogP contribution in [0.2, 0.25) is 0 Å². The van der Waals surface area contributed by atoms with Gasteiger partial charge >= 0.3 is 0 Å². The normalized spacial score (nSPS) is 11.1. The zero-order valence-corrected chi connectivity index (χ0v) is 20.4. The van der Waals surface area contributed by atoms with E-state index in [9.17, 15) is 4.79 Å². The van der Waals surface area contributed by atoms with Gasteiger partial charge in [-0.05, 0) is 79.6 Å². The Labute approximate surface area is 204 Å². The predicted molar refractivity (Wildman–Crippen MR) is 135 cm³/mol. The Balaban J connectivity index is 1.43. The fourth-order valence-corrected chi connectivity index (χ4v) is 3.92. The Morgan fingerprint density at radius 1 is 0.912 bits per heavy atom. The highest BCUT2D eigenvalue weighted by Crippen LogP contribution is 2.33. The van der Waals surface area contributed by atoms with Crippen molar-refractivity contribution in [3.05, 3.63) is 88.1 Å². The fraction of sp³-hybridized carbons (Fsp3) is 0.111. The smallest absolute Gasteiger partial charge is 0.291 e. The third kappa shape index (κ3) is 4.22. The first-order chi connectivity index (χ1) is 16.4. The van der Waals surface area contributed by atoms with Gasteiger partial charge < -0.3 is 18.9 Å². The number of halogens is 1. The van der Waals surface area contributed by atoms with Gasteiger partial charge in [0.1, 0.15) is 17.0 Å². The number of benzene rings is 3. The standard InChI is InChI=1S/C27H21BrN2O4/c1-15-12-20-25(13-16(15)2)34-27(30-20)18-6-9-23(32-3)21(14-18)29-26(31)24-11-10-22(33-24)17-4-7-19(28)8-5-17/h4-14H,1-3H3,(H,29,31). The predicted octanol–water partition coefficient (Wildman–Crippen LogP) is 7.40. The van der Waals surface area contributed by atoms with Crippen molar-refractivity contribution in [2.75, 3.05) is 12.4 Å². The Kier molecular flexibility index (Phi) is 5.71. The van der Waals surface area contributed by atoms with Crippen LogP contribution in [0.5, 0.6) is 5.75 Å². The van der Waals surface area contributed by atoms with Crippen LogP contribution in [0.15, 0.2) is 80.0 Å². The van der Waals surface area contributed by atoms with Gasteiger partial charge in [0, 0.05) is 15.6 Å². The molecule has 0 saturated heterocycles. The second-order valence-electron chi connectivity index (χ2n) is 7.96. The summed E-state index contributed by atoms with van der Waals surface area (Å²) in [5.41, 5.74) is 5.88. The monoisotopic (exact) mass is 516 g/mol. The number of aryl methyl sites for hydroxylation is 2. The first kappa shape index (κ1) is 22.0. The van der Waals surface area contributed by atoms with E-state index < -0.39 is 0 Å². The molecule has 0 saturated carbocycles. The van der Waals surface area contributed by atoms with Crippen LogP contribution < -0.4 is 10.1 Å². The maximum atomic E-state index is 12.9. The summed E-state index contributed by atoms with van der Waals surface area (Å²) in [6.45, 7) is 4.08. The summed E-state index contributed by atoms with van der Waals surface area (Å²) >= 11 is 3.42. The van der Waals surface area contributed by atoms with Crippen LogP contribution in [0.25, 0.3) is 33.9 Å². The average molecular weight is 517 g/mol. The number of anilines is 1. The molecule has 6 nitrogen and oxygen atoms in total. The van der Waals surface area contributed by atoms with E-state index in [0.29, 0.717) is 23.1 Å². The van der Waals surface area contributed by atoms with E-state index in [1.54, 1.807) is 31.4 Å². The van der Waals surface area contributed by atoms with Crippen molar-refractivity contribution in [1.29, 1.82) is 0 Å². The maximum Gasteiger partial charge on any atom is 0.291 e. The van der Waals surface area contributed by atoms with Crippen LogP contribution in [-0.2, 0) is 0 Å². The SMILES string of the molecule is COc1ccc(-c2nc3cc(C)c(C)cc3o2)cc1NC(=O)c1ccc(-c2ccc(Br)cc2)o1. The molecule has 0 unspecified atom stereocenters. The molecule has 0 bridgehead atoms. The molecule has 0 radical (unpaired) electrons. The minimum atomic E-state index is -0.386. The van der Waals surface area contributed by atoms with Gasteiger partial charge in [-0.1, -0.05) is 28.1 Å². The molecule has 3 aromatic carbocycles. The molecule has 170 valence electrons. The number of hydrogen-bond donors (Lipinski definition) is 1. The molecule has 5 rings (SSSR count). The highest BCUT2D eigenvalue weighted by molar-refractivity contribution is 9.10. The molecule has 0 aliphatic rings. The van der Waals surface area contributed by atoms with Crippen LogP contribution in [0.4, 0.5) is 5.69 Å². The molecule has 2 aromatic heterocycles. The van der Waals surface area contributed by atoms with E-state index in [2.05, 4.69) is 26.2 Å². The molecule has 0 fully saturated rings. The molecular formula is C27H21BrN2O4. The number of aromatic nitrogens is 1. The molecule has 5 aromatic rings. The highest BCUT2D eigenvalue weighted by Gasteiger charge is 2.17. The van der Waals surface area contributed by atoms with E-state index in [-0.39, 0.29) is 11.7 Å². The van der Waals surface area contributed by atoms with Gasteiger partial charge in [-0.15, -0.1) is 0 Å². The maximum absolute atomic E-state index is 12.9. The number of rotatable bonds is 5. The minimum Gasteiger partial charge on any atom is -0.495 e. The number of oxazole rings is 1. The van der Waals surface area contributed by atoms with E-state index in [1.807, 2.05) is 56.3 Å². The third-order valence-corrected chi connectivity index (χ3v) is 6.19. The zero-order valence-electron chi connectivity index (χ0n) is 18.8. The van der Waals surface area contributed by atoms with E-state index in [1.165, 1.54) is 0 Å². The van der Waals surface area contributed by atoms with Crippen LogP contribution in [0, 0.1) is 13.8 Å². The number of fused-ring (bicyclic) bond motifs is 1. The summed E-state index contributed by atoms with van der Waals surface area (Å²) in [4.78, 5) is 17.6. The molecule has 1 amide bonds. The van der Waals surface area contributed by atoms with Crippen LogP contribution in [-0.4, -0.2) is 18.0 Å². The molecular weight excluding hydrogens is 496 g/mol. The zero-order chi connectivity index (χ0) is 23.8. The number of nitrogens with one attached hydrogen (secondary N) is 1. The Bertz CT molecular complexity index is 1480. The number of carbonyl (C=O) groups is 1. The molecule has 0 atom stereocenters. The number of hydrogen-bond acceptors (Lipinski definition) is 5. The second-order valence-corrected chi connectivity index (χ2v) is 8.88. The van der Waals surface area contributed by atoms with E-state index in [4.69, 9.17) is 13.6 Å². The van der Waals surface area contributed by atoms with Crippen molar-refractivity contribution in [3.8, 4) is 28.5 Å². The van der Waals surface area contributed by atoms with Crippen molar-refractivity contribution < 1.29 is 18.4 Å². The van der Waals surface area contributed by atoms with E-state index >= 15 is 0 Å². The summed E-state index contributed by atoms with van der Waals surface area (Å²) < 4.78 is 18.2. The molecule has 1 N–H and O–H groups in total. The van der Waals surface area contributed by atoms with Crippen molar-refractivity contribution in [2.24, 2.45) is 0 Å². The van der Waals surface area contributed by atoms with Crippen molar-refractivity contribution in [3.63, 3.8) is 0 Å². The minimum absolute atomic E-state index is 0.193. The van der Waals surface area contributed by atoms with Crippen LogP contribution >= 0.6 is 15.9 Å². The topological polar surface area (TPSA) is 77.5 Å². The van der Waals surface area contributed by atoms with Crippen LogP contribution in [0.3, 0.4) is 0 Å². The van der Waals surface area contributed by atoms with Gasteiger partial charge in [0.25, 0.3) is 5.91 Å². The largest absolute Gasteiger partial charge is 0.495 e. The molecule has 7 heteroatoms. The first-order valence-corrected chi connectivity index (χ1v) is 11.4.